The predicted molar refractivity (Wildman–Crippen MR) is 115 cm³/mol. The Balaban J connectivity index is 1.71. The van der Waals surface area contributed by atoms with Gasteiger partial charge in [-0.2, -0.15) is 5.10 Å². The molecule has 0 saturated carbocycles. The zero-order chi connectivity index (χ0) is 21.0. The Kier molecular flexibility index (Phi) is 6.39. The van der Waals surface area contributed by atoms with Crippen molar-refractivity contribution in [2.75, 3.05) is 11.1 Å². The van der Waals surface area contributed by atoms with Crippen LogP contribution >= 0.6 is 23.1 Å². The summed E-state index contributed by atoms with van der Waals surface area (Å²) in [5, 5.41) is 18.1. The van der Waals surface area contributed by atoms with Crippen LogP contribution in [0.15, 0.2) is 46.1 Å². The van der Waals surface area contributed by atoms with Crippen molar-refractivity contribution >= 4 is 40.8 Å². The summed E-state index contributed by atoms with van der Waals surface area (Å²) >= 11 is 2.62. The van der Waals surface area contributed by atoms with Crippen LogP contribution in [0.4, 0.5) is 5.82 Å². The highest BCUT2D eigenvalue weighted by Gasteiger charge is 2.21. The van der Waals surface area contributed by atoms with E-state index in [0.29, 0.717) is 15.9 Å². The number of nitrogens with zero attached hydrogens (tertiary/aromatic N) is 3. The molecule has 0 aliphatic rings. The van der Waals surface area contributed by atoms with Crippen molar-refractivity contribution in [3.05, 3.63) is 53.2 Å². The number of hydrogen-bond acceptors (Lipinski definition) is 6. The first-order valence-electron chi connectivity index (χ1n) is 8.97. The van der Waals surface area contributed by atoms with Crippen molar-refractivity contribution in [3.8, 4) is 5.69 Å². The maximum absolute atomic E-state index is 12.5. The van der Waals surface area contributed by atoms with Gasteiger partial charge in [-0.25, -0.2) is 9.67 Å². The van der Waals surface area contributed by atoms with E-state index < -0.39 is 5.97 Å². The highest BCUT2D eigenvalue weighted by molar-refractivity contribution is 8.01. The molecule has 7 nitrogen and oxygen atoms in total. The number of aliphatic carboxylic acids is 1. The quantitative estimate of drug-likeness (QED) is 0.550. The number of benzene rings is 1. The Hall–Kier alpha value is -2.65. The molecule has 152 valence electrons. The molecule has 0 atom stereocenters. The molecule has 2 N–H and O–H groups in total. The summed E-state index contributed by atoms with van der Waals surface area (Å²) in [5.41, 5.74) is 2.09. The van der Waals surface area contributed by atoms with E-state index in [1.165, 1.54) is 23.1 Å². The van der Waals surface area contributed by atoms with Crippen LogP contribution < -0.4 is 5.32 Å². The van der Waals surface area contributed by atoms with Gasteiger partial charge < -0.3 is 10.4 Å². The number of hydrogen-bond donors (Lipinski definition) is 2. The zero-order valence-corrected chi connectivity index (χ0v) is 18.0. The highest BCUT2D eigenvalue weighted by atomic mass is 32.2. The van der Waals surface area contributed by atoms with Crippen LogP contribution in [0.3, 0.4) is 0 Å². The lowest BCUT2D eigenvalue weighted by Crippen LogP contribution is -2.17. The standard InChI is InChI=1S/C20H22N4O3S2/c1-20(2,3)15-10-16(24(23-15)14-7-5-4-6-8-14)22-17(25)12-29-19-21-13(11-28-19)9-18(26)27/h4-8,10-11H,9,12H2,1-3H3,(H,22,25)(H,26,27). The van der Waals surface area contributed by atoms with Gasteiger partial charge in [0.1, 0.15) is 5.82 Å². The fraction of sp³-hybridized carbons (Fsp3) is 0.300. The summed E-state index contributed by atoms with van der Waals surface area (Å²) in [4.78, 5) is 27.5. The van der Waals surface area contributed by atoms with Gasteiger partial charge in [0, 0.05) is 16.9 Å². The zero-order valence-electron chi connectivity index (χ0n) is 16.4. The van der Waals surface area contributed by atoms with Crippen molar-refractivity contribution in [1.29, 1.82) is 0 Å². The third-order valence-corrected chi connectivity index (χ3v) is 6.01. The number of nitrogens with one attached hydrogen (secondary N) is 1. The Morgan fingerprint density at radius 2 is 1.97 bits per heavy atom. The molecular weight excluding hydrogens is 408 g/mol. The number of aromatic nitrogens is 3. The van der Waals surface area contributed by atoms with Crippen LogP contribution in [-0.2, 0) is 21.4 Å². The number of anilines is 1. The highest BCUT2D eigenvalue weighted by Crippen LogP contribution is 2.27. The van der Waals surface area contributed by atoms with Crippen molar-refractivity contribution < 1.29 is 14.7 Å². The van der Waals surface area contributed by atoms with Crippen LogP contribution in [0, 0.1) is 0 Å². The normalized spacial score (nSPS) is 11.4. The molecule has 3 rings (SSSR count). The van der Waals surface area contributed by atoms with Gasteiger partial charge in [-0.05, 0) is 12.1 Å². The van der Waals surface area contributed by atoms with Crippen LogP contribution in [0.25, 0.3) is 5.69 Å². The van der Waals surface area contributed by atoms with Gasteiger partial charge in [-0.3, -0.25) is 9.59 Å². The fourth-order valence-corrected chi connectivity index (χ4v) is 4.14. The molecule has 0 saturated heterocycles. The van der Waals surface area contributed by atoms with Crippen LogP contribution in [0.5, 0.6) is 0 Å². The average molecular weight is 431 g/mol. The monoisotopic (exact) mass is 430 g/mol. The molecule has 0 aliphatic heterocycles. The molecule has 1 amide bonds. The van der Waals surface area contributed by atoms with Gasteiger partial charge in [0.2, 0.25) is 5.91 Å². The number of para-hydroxylation sites is 1. The van der Waals surface area contributed by atoms with Crippen molar-refractivity contribution in [1.82, 2.24) is 14.8 Å². The molecule has 3 aromatic rings. The number of carboxylic acids is 1. The first-order chi connectivity index (χ1) is 13.7. The lowest BCUT2D eigenvalue weighted by Gasteiger charge is -2.14. The molecule has 0 aliphatic carbocycles. The second-order valence-electron chi connectivity index (χ2n) is 7.42. The van der Waals surface area contributed by atoms with Gasteiger partial charge in [0.15, 0.2) is 4.34 Å². The summed E-state index contributed by atoms with van der Waals surface area (Å²) in [6, 6.07) is 11.5. The first kappa shape index (κ1) is 21.1. The second kappa shape index (κ2) is 8.79. The van der Waals surface area contributed by atoms with Crippen LogP contribution in [0.1, 0.15) is 32.2 Å². The molecule has 2 heterocycles. The topological polar surface area (TPSA) is 97.1 Å². The molecule has 0 bridgehead atoms. The fourth-order valence-electron chi connectivity index (χ4n) is 2.50. The summed E-state index contributed by atoms with van der Waals surface area (Å²) in [5.74, 6) is -0.321. The molecule has 9 heteroatoms. The van der Waals surface area contributed by atoms with Gasteiger partial charge in [-0.1, -0.05) is 50.7 Å². The largest absolute Gasteiger partial charge is 0.481 e. The van der Waals surface area contributed by atoms with E-state index in [2.05, 4.69) is 36.2 Å². The van der Waals surface area contributed by atoms with Crippen LogP contribution in [-0.4, -0.2) is 37.5 Å². The minimum absolute atomic E-state index is 0.116. The first-order valence-corrected chi connectivity index (χ1v) is 10.8. The van der Waals surface area contributed by atoms with E-state index in [-0.39, 0.29) is 23.5 Å². The summed E-state index contributed by atoms with van der Waals surface area (Å²) in [6.45, 7) is 6.22. The van der Waals surface area contributed by atoms with Crippen LogP contribution in [0.2, 0.25) is 0 Å². The Labute approximate surface area is 177 Å². The van der Waals surface area contributed by atoms with Crippen molar-refractivity contribution in [2.45, 2.75) is 36.9 Å². The summed E-state index contributed by atoms with van der Waals surface area (Å²) in [7, 11) is 0. The van der Waals surface area contributed by atoms with Gasteiger partial charge in [0.25, 0.3) is 0 Å². The summed E-state index contributed by atoms with van der Waals surface area (Å²) < 4.78 is 2.40. The number of carboxylic acid groups (broad SMARTS) is 1. The molecule has 29 heavy (non-hydrogen) atoms. The number of rotatable bonds is 7. The Bertz CT molecular complexity index is 1010. The SMILES string of the molecule is CC(C)(C)c1cc(NC(=O)CSc2nc(CC(=O)O)cs2)n(-c2ccccc2)n1. The molecular formula is C20H22N4O3S2. The lowest BCUT2D eigenvalue weighted by molar-refractivity contribution is -0.136. The van der Waals surface area contributed by atoms with E-state index in [1.807, 2.05) is 36.4 Å². The van der Waals surface area contributed by atoms with Crippen molar-refractivity contribution in [2.24, 2.45) is 0 Å². The molecule has 0 radical (unpaired) electrons. The molecule has 0 fully saturated rings. The van der Waals surface area contributed by atoms with Crippen molar-refractivity contribution in [3.63, 3.8) is 0 Å². The van der Waals surface area contributed by atoms with E-state index in [9.17, 15) is 9.59 Å². The van der Waals surface area contributed by atoms with Gasteiger partial charge in [-0.15, -0.1) is 11.3 Å². The lowest BCUT2D eigenvalue weighted by atomic mass is 9.92. The number of amides is 1. The maximum atomic E-state index is 12.5. The molecule has 2 aromatic heterocycles. The number of thiazole rings is 1. The third-order valence-electron chi connectivity index (χ3n) is 3.94. The van der Waals surface area contributed by atoms with E-state index >= 15 is 0 Å². The summed E-state index contributed by atoms with van der Waals surface area (Å²) in [6.07, 6.45) is -0.116. The predicted octanol–water partition coefficient (Wildman–Crippen LogP) is 3.98. The number of carbonyl (C=O) groups is 2. The van der Waals surface area contributed by atoms with Gasteiger partial charge >= 0.3 is 5.97 Å². The second-order valence-corrected chi connectivity index (χ2v) is 9.50. The third kappa shape index (κ3) is 5.68. The molecule has 0 spiro atoms. The Morgan fingerprint density at radius 3 is 2.62 bits per heavy atom. The minimum Gasteiger partial charge on any atom is -0.481 e. The minimum atomic E-state index is -0.923. The molecule has 1 aromatic carbocycles. The maximum Gasteiger partial charge on any atom is 0.309 e. The smallest absolute Gasteiger partial charge is 0.309 e. The van der Waals surface area contributed by atoms with E-state index in [4.69, 9.17) is 5.11 Å². The molecule has 0 unspecified atom stereocenters. The van der Waals surface area contributed by atoms with E-state index in [0.717, 1.165) is 11.4 Å². The Morgan fingerprint density at radius 1 is 1.24 bits per heavy atom. The van der Waals surface area contributed by atoms with Gasteiger partial charge in [0.05, 0.1) is 29.2 Å². The average Bonchev–Trinajstić information content (AvgIpc) is 3.27. The number of thioether (sulfide) groups is 1. The number of carbonyl (C=O) groups excluding carboxylic acids is 1. The van der Waals surface area contributed by atoms with E-state index in [1.54, 1.807) is 10.1 Å².